The maximum atomic E-state index is 13.0. The van der Waals surface area contributed by atoms with Crippen LogP contribution in [0.5, 0.6) is 0 Å². The number of likely N-dealkylation sites (tertiary alicyclic amines) is 1. The Labute approximate surface area is 190 Å². The number of fused-ring (bicyclic) bond motifs is 1. The molecule has 7 nitrogen and oxygen atoms in total. The monoisotopic (exact) mass is 482 g/mol. The van der Waals surface area contributed by atoms with Gasteiger partial charge in [-0.1, -0.05) is 12.1 Å². The molecule has 4 heterocycles. The highest BCUT2D eigenvalue weighted by Gasteiger charge is 2.28. The molecule has 0 aliphatic carbocycles. The molecule has 0 spiro atoms. The molecule has 3 aromatic rings. The second-order valence-electron chi connectivity index (χ2n) is 8.51. The largest absolute Gasteiger partial charge is 0.339 e. The minimum Gasteiger partial charge on any atom is -0.339 e. The van der Waals surface area contributed by atoms with Crippen molar-refractivity contribution in [3.8, 4) is 11.3 Å². The number of halogens is 1. The molecule has 8 heteroatoms. The van der Waals surface area contributed by atoms with Gasteiger partial charge in [0.1, 0.15) is 4.60 Å². The Hall–Kier alpha value is -2.29. The van der Waals surface area contributed by atoms with E-state index >= 15 is 0 Å². The SMILES string of the molecule is CN1CCN(C2CCN(C(=O)c3ccc(-c4ccc5ncc(Br)n5n4)cc3)CC2)CC1. The van der Waals surface area contributed by atoms with E-state index in [1.165, 1.54) is 0 Å². The Morgan fingerprint density at radius 3 is 2.39 bits per heavy atom. The lowest BCUT2D eigenvalue weighted by atomic mass is 10.0. The van der Waals surface area contributed by atoms with Crippen LogP contribution in [0.15, 0.2) is 47.2 Å². The zero-order valence-corrected chi connectivity index (χ0v) is 19.3. The third kappa shape index (κ3) is 4.24. The average molecular weight is 483 g/mol. The summed E-state index contributed by atoms with van der Waals surface area (Å²) in [4.78, 5) is 24.3. The van der Waals surface area contributed by atoms with Gasteiger partial charge in [-0.3, -0.25) is 9.69 Å². The molecule has 2 fully saturated rings. The van der Waals surface area contributed by atoms with Crippen LogP contribution in [0, 0.1) is 0 Å². The third-order valence-corrected chi connectivity index (χ3v) is 7.09. The molecule has 31 heavy (non-hydrogen) atoms. The van der Waals surface area contributed by atoms with Crippen LogP contribution < -0.4 is 0 Å². The number of likely N-dealkylation sites (N-methyl/N-ethyl adjacent to an activating group) is 1. The highest BCUT2D eigenvalue weighted by Crippen LogP contribution is 2.23. The normalized spacial score (nSPS) is 19.2. The van der Waals surface area contributed by atoms with Gasteiger partial charge in [0.25, 0.3) is 5.91 Å². The highest BCUT2D eigenvalue weighted by molar-refractivity contribution is 9.10. The Bertz CT molecular complexity index is 1070. The Balaban J connectivity index is 1.22. The van der Waals surface area contributed by atoms with Gasteiger partial charge >= 0.3 is 0 Å². The summed E-state index contributed by atoms with van der Waals surface area (Å²) in [5.41, 5.74) is 3.36. The number of aromatic nitrogens is 3. The summed E-state index contributed by atoms with van der Waals surface area (Å²) in [6, 6.07) is 12.3. The van der Waals surface area contributed by atoms with Gasteiger partial charge in [-0.2, -0.15) is 5.10 Å². The fourth-order valence-corrected chi connectivity index (χ4v) is 4.95. The molecule has 2 aromatic heterocycles. The molecular formula is C23H27BrN6O. The van der Waals surface area contributed by atoms with Crippen LogP contribution in [0.4, 0.5) is 0 Å². The van der Waals surface area contributed by atoms with Crippen LogP contribution in [0.1, 0.15) is 23.2 Å². The number of hydrogen-bond acceptors (Lipinski definition) is 5. The topological polar surface area (TPSA) is 57.0 Å². The molecule has 0 bridgehead atoms. The van der Waals surface area contributed by atoms with Gasteiger partial charge < -0.3 is 9.80 Å². The molecule has 1 aromatic carbocycles. The number of rotatable bonds is 3. The van der Waals surface area contributed by atoms with E-state index in [2.05, 4.69) is 42.9 Å². The number of amides is 1. The second-order valence-corrected chi connectivity index (χ2v) is 9.32. The van der Waals surface area contributed by atoms with Crippen LogP contribution in [0.25, 0.3) is 16.9 Å². The van der Waals surface area contributed by atoms with Gasteiger partial charge in [0.15, 0.2) is 5.65 Å². The first-order valence-corrected chi connectivity index (χ1v) is 11.7. The lowest BCUT2D eigenvalue weighted by molar-refractivity contribution is 0.0519. The summed E-state index contributed by atoms with van der Waals surface area (Å²) in [6.45, 7) is 6.25. The van der Waals surface area contributed by atoms with Crippen molar-refractivity contribution in [3.05, 3.63) is 52.8 Å². The smallest absolute Gasteiger partial charge is 0.253 e. The molecule has 2 aliphatic heterocycles. The zero-order valence-electron chi connectivity index (χ0n) is 17.7. The quantitative estimate of drug-likeness (QED) is 0.574. The first kappa shape index (κ1) is 20.6. The molecular weight excluding hydrogens is 456 g/mol. The zero-order chi connectivity index (χ0) is 21.4. The first-order chi connectivity index (χ1) is 15.1. The van der Waals surface area contributed by atoms with Gasteiger partial charge in [-0.15, -0.1) is 0 Å². The van der Waals surface area contributed by atoms with Crippen LogP contribution in [0.3, 0.4) is 0 Å². The van der Waals surface area contributed by atoms with Crippen molar-refractivity contribution in [2.45, 2.75) is 18.9 Å². The number of nitrogens with zero attached hydrogens (tertiary/aromatic N) is 6. The number of carbonyl (C=O) groups is 1. The second kappa shape index (κ2) is 8.68. The van der Waals surface area contributed by atoms with E-state index in [9.17, 15) is 4.79 Å². The fourth-order valence-electron chi connectivity index (χ4n) is 4.59. The lowest BCUT2D eigenvalue weighted by Gasteiger charge is -2.42. The van der Waals surface area contributed by atoms with E-state index in [1.54, 1.807) is 10.7 Å². The number of piperidine rings is 1. The van der Waals surface area contributed by atoms with E-state index in [1.807, 2.05) is 41.3 Å². The predicted molar refractivity (Wildman–Crippen MR) is 124 cm³/mol. The summed E-state index contributed by atoms with van der Waals surface area (Å²) >= 11 is 3.46. The van der Waals surface area contributed by atoms with E-state index < -0.39 is 0 Å². The summed E-state index contributed by atoms with van der Waals surface area (Å²) < 4.78 is 2.58. The maximum Gasteiger partial charge on any atom is 0.253 e. The number of imidazole rings is 1. The Morgan fingerprint density at radius 2 is 1.68 bits per heavy atom. The van der Waals surface area contributed by atoms with Crippen molar-refractivity contribution in [2.75, 3.05) is 46.3 Å². The molecule has 0 N–H and O–H groups in total. The van der Waals surface area contributed by atoms with Crippen molar-refractivity contribution >= 4 is 27.5 Å². The van der Waals surface area contributed by atoms with Crippen molar-refractivity contribution in [2.24, 2.45) is 0 Å². The number of benzene rings is 1. The van der Waals surface area contributed by atoms with Gasteiger partial charge in [-0.05, 0) is 60.1 Å². The predicted octanol–water partition coefficient (Wildman–Crippen LogP) is 3.01. The Morgan fingerprint density at radius 1 is 0.968 bits per heavy atom. The van der Waals surface area contributed by atoms with E-state index in [4.69, 9.17) is 0 Å². The summed E-state index contributed by atoms with van der Waals surface area (Å²) in [6.07, 6.45) is 3.87. The molecule has 0 saturated carbocycles. The van der Waals surface area contributed by atoms with Crippen LogP contribution in [0.2, 0.25) is 0 Å². The minimum atomic E-state index is 0.129. The number of piperazine rings is 1. The summed E-state index contributed by atoms with van der Waals surface area (Å²) in [5, 5.41) is 4.63. The van der Waals surface area contributed by atoms with E-state index in [-0.39, 0.29) is 5.91 Å². The number of hydrogen-bond donors (Lipinski definition) is 0. The minimum absolute atomic E-state index is 0.129. The highest BCUT2D eigenvalue weighted by atomic mass is 79.9. The van der Waals surface area contributed by atoms with Crippen molar-refractivity contribution in [3.63, 3.8) is 0 Å². The third-order valence-electron chi connectivity index (χ3n) is 6.55. The molecule has 1 amide bonds. The van der Waals surface area contributed by atoms with Crippen LogP contribution in [-0.2, 0) is 0 Å². The maximum absolute atomic E-state index is 13.0. The first-order valence-electron chi connectivity index (χ1n) is 10.9. The van der Waals surface area contributed by atoms with Crippen molar-refractivity contribution in [1.29, 1.82) is 0 Å². The van der Waals surface area contributed by atoms with Crippen molar-refractivity contribution in [1.82, 2.24) is 29.3 Å². The summed E-state index contributed by atoms with van der Waals surface area (Å²) in [5.74, 6) is 0.129. The number of carbonyl (C=O) groups excluding carboxylic acids is 1. The molecule has 0 unspecified atom stereocenters. The van der Waals surface area contributed by atoms with Crippen LogP contribution in [-0.4, -0.2) is 87.6 Å². The van der Waals surface area contributed by atoms with Gasteiger partial charge in [0.2, 0.25) is 0 Å². The van der Waals surface area contributed by atoms with Crippen molar-refractivity contribution < 1.29 is 4.79 Å². The molecule has 2 saturated heterocycles. The molecule has 2 aliphatic rings. The molecule has 0 radical (unpaired) electrons. The molecule has 162 valence electrons. The van der Waals surface area contributed by atoms with Crippen LogP contribution >= 0.6 is 15.9 Å². The van der Waals surface area contributed by atoms with Gasteiger partial charge in [0, 0.05) is 56.4 Å². The molecule has 5 rings (SSSR count). The van der Waals surface area contributed by atoms with E-state index in [0.717, 1.165) is 79.2 Å². The average Bonchev–Trinajstić information content (AvgIpc) is 3.19. The standard InChI is InChI=1S/C23H27BrN6O/c1-27-12-14-28(15-13-27)19-8-10-29(11-9-19)23(31)18-4-2-17(3-5-18)20-6-7-22-25-16-21(24)30(22)26-20/h2-7,16,19H,8-15H2,1H3. The van der Waals surface area contributed by atoms with Gasteiger partial charge in [-0.25, -0.2) is 9.50 Å². The Kier molecular flexibility index (Phi) is 5.77. The molecule has 0 atom stereocenters. The van der Waals surface area contributed by atoms with E-state index in [0.29, 0.717) is 6.04 Å². The fraction of sp³-hybridized carbons (Fsp3) is 0.435. The lowest BCUT2D eigenvalue weighted by Crippen LogP contribution is -2.52. The van der Waals surface area contributed by atoms with Gasteiger partial charge in [0.05, 0.1) is 11.9 Å². The summed E-state index contributed by atoms with van der Waals surface area (Å²) in [7, 11) is 2.19.